The lowest BCUT2D eigenvalue weighted by Gasteiger charge is -2.59. The largest absolute Gasteiger partial charge is 0.378 e. The molecule has 6 nitrogen and oxygen atoms in total. The Bertz CT molecular complexity index is 490. The van der Waals surface area contributed by atoms with E-state index < -0.39 is 0 Å². The Morgan fingerprint density at radius 3 is 2.60 bits per heavy atom. The van der Waals surface area contributed by atoms with Crippen molar-refractivity contribution >= 4 is 5.96 Å². The molecule has 0 aromatic heterocycles. The highest BCUT2D eigenvalue weighted by Gasteiger charge is 2.58. The van der Waals surface area contributed by atoms with E-state index >= 15 is 0 Å². The molecular formula is C19H35N3O3. The first-order chi connectivity index (χ1) is 11.9. The number of rotatable bonds is 4. The molecule has 3 aliphatic rings. The number of hydrogen-bond donors (Lipinski definition) is 1. The Morgan fingerprint density at radius 1 is 1.24 bits per heavy atom. The number of aliphatic imine (C=N–C) groups is 1. The van der Waals surface area contributed by atoms with Crippen LogP contribution in [0.3, 0.4) is 0 Å². The van der Waals surface area contributed by atoms with Gasteiger partial charge >= 0.3 is 0 Å². The standard InChI is InChI=1S/C19H35N3O3/c1-6-20-17(21-16-12-19(4,23-5)18(16,2)3)22-9-11-25-15(13-22)14-8-7-10-24-14/h14-16H,6-13H2,1-5H3,(H,20,21). The zero-order chi connectivity index (χ0) is 18.1. The van der Waals surface area contributed by atoms with Crippen LogP contribution in [0.25, 0.3) is 0 Å². The maximum Gasteiger partial charge on any atom is 0.194 e. The molecule has 1 aliphatic carbocycles. The fourth-order valence-corrected chi connectivity index (χ4v) is 4.25. The van der Waals surface area contributed by atoms with Crippen LogP contribution in [0.15, 0.2) is 4.99 Å². The van der Waals surface area contributed by atoms with E-state index in [1.54, 1.807) is 0 Å². The van der Waals surface area contributed by atoms with Crippen molar-refractivity contribution in [1.82, 2.24) is 10.2 Å². The van der Waals surface area contributed by atoms with Crippen molar-refractivity contribution in [1.29, 1.82) is 0 Å². The maximum atomic E-state index is 5.99. The summed E-state index contributed by atoms with van der Waals surface area (Å²) in [5.74, 6) is 1.00. The number of nitrogens with one attached hydrogen (secondary N) is 1. The molecule has 0 spiro atoms. The van der Waals surface area contributed by atoms with Crippen molar-refractivity contribution in [3.63, 3.8) is 0 Å². The van der Waals surface area contributed by atoms with Gasteiger partial charge in [0.25, 0.3) is 0 Å². The molecule has 2 aliphatic heterocycles. The van der Waals surface area contributed by atoms with E-state index in [1.807, 2.05) is 7.11 Å². The van der Waals surface area contributed by atoms with Gasteiger partial charge in [0, 0.05) is 44.8 Å². The molecule has 0 aromatic rings. The zero-order valence-corrected chi connectivity index (χ0v) is 16.5. The van der Waals surface area contributed by atoms with Gasteiger partial charge in [-0.25, -0.2) is 0 Å². The van der Waals surface area contributed by atoms with E-state index in [1.165, 1.54) is 0 Å². The maximum absolute atomic E-state index is 5.99. The Kier molecular flexibility index (Phi) is 5.61. The third kappa shape index (κ3) is 3.53. The SMILES string of the molecule is CCN=C(NC1CC(C)(OC)C1(C)C)N1CCOC(C2CCCO2)C1. The van der Waals surface area contributed by atoms with Gasteiger partial charge in [0.1, 0.15) is 6.10 Å². The average Bonchev–Trinajstić information content (AvgIpc) is 3.15. The van der Waals surface area contributed by atoms with Crippen LogP contribution in [0.4, 0.5) is 0 Å². The number of ether oxygens (including phenoxy) is 3. The minimum Gasteiger partial charge on any atom is -0.378 e. The summed E-state index contributed by atoms with van der Waals surface area (Å²) in [5.41, 5.74) is -0.0102. The van der Waals surface area contributed by atoms with E-state index in [0.717, 1.165) is 58.1 Å². The Morgan fingerprint density at radius 2 is 2.00 bits per heavy atom. The van der Waals surface area contributed by atoms with E-state index in [4.69, 9.17) is 19.2 Å². The van der Waals surface area contributed by atoms with Crippen molar-refractivity contribution in [2.75, 3.05) is 40.0 Å². The second-order valence-electron chi connectivity index (χ2n) is 8.26. The number of nitrogens with zero attached hydrogens (tertiary/aromatic N) is 2. The van der Waals surface area contributed by atoms with Crippen molar-refractivity contribution < 1.29 is 14.2 Å². The summed E-state index contributed by atoms with van der Waals surface area (Å²) < 4.78 is 17.6. The lowest BCUT2D eigenvalue weighted by atomic mass is 9.56. The molecule has 2 saturated heterocycles. The third-order valence-electron chi connectivity index (χ3n) is 6.66. The number of morpholine rings is 1. The van der Waals surface area contributed by atoms with Crippen LogP contribution < -0.4 is 5.32 Å². The van der Waals surface area contributed by atoms with Crippen LogP contribution in [0.1, 0.15) is 47.0 Å². The lowest BCUT2D eigenvalue weighted by molar-refractivity contribution is -0.177. The van der Waals surface area contributed by atoms with Gasteiger partial charge in [-0.3, -0.25) is 4.99 Å². The van der Waals surface area contributed by atoms with Crippen LogP contribution in [0, 0.1) is 5.41 Å². The van der Waals surface area contributed by atoms with Crippen LogP contribution >= 0.6 is 0 Å². The highest BCUT2D eigenvalue weighted by atomic mass is 16.5. The van der Waals surface area contributed by atoms with E-state index in [2.05, 4.69) is 37.9 Å². The monoisotopic (exact) mass is 353 g/mol. The van der Waals surface area contributed by atoms with E-state index in [9.17, 15) is 0 Å². The normalized spacial score (nSPS) is 38.5. The molecule has 3 fully saturated rings. The molecular weight excluding hydrogens is 318 g/mol. The van der Waals surface area contributed by atoms with Gasteiger partial charge in [0.15, 0.2) is 5.96 Å². The molecule has 6 heteroatoms. The summed E-state index contributed by atoms with van der Waals surface area (Å²) in [5, 5.41) is 3.71. The minimum atomic E-state index is -0.0762. The van der Waals surface area contributed by atoms with Crippen LogP contribution in [0.5, 0.6) is 0 Å². The van der Waals surface area contributed by atoms with E-state index in [-0.39, 0.29) is 23.2 Å². The molecule has 4 unspecified atom stereocenters. The molecule has 1 saturated carbocycles. The average molecular weight is 354 g/mol. The van der Waals surface area contributed by atoms with Gasteiger partial charge in [-0.1, -0.05) is 13.8 Å². The highest BCUT2D eigenvalue weighted by Crippen LogP contribution is 2.51. The molecule has 0 amide bonds. The molecule has 144 valence electrons. The molecule has 0 bridgehead atoms. The quantitative estimate of drug-likeness (QED) is 0.619. The summed E-state index contributed by atoms with van der Waals surface area (Å²) in [7, 11) is 1.81. The van der Waals surface area contributed by atoms with Gasteiger partial charge in [-0.15, -0.1) is 0 Å². The topological polar surface area (TPSA) is 55.3 Å². The van der Waals surface area contributed by atoms with Crippen LogP contribution in [-0.2, 0) is 14.2 Å². The number of methoxy groups -OCH3 is 1. The molecule has 2 heterocycles. The zero-order valence-electron chi connectivity index (χ0n) is 16.5. The van der Waals surface area contributed by atoms with Gasteiger partial charge in [-0.05, 0) is 33.1 Å². The third-order valence-corrected chi connectivity index (χ3v) is 6.66. The predicted molar refractivity (Wildman–Crippen MR) is 99.0 cm³/mol. The van der Waals surface area contributed by atoms with Crippen molar-refractivity contribution in [3.8, 4) is 0 Å². The van der Waals surface area contributed by atoms with Crippen LogP contribution in [-0.4, -0.2) is 74.7 Å². The highest BCUT2D eigenvalue weighted by molar-refractivity contribution is 5.80. The smallest absolute Gasteiger partial charge is 0.194 e. The minimum absolute atomic E-state index is 0.0660. The second kappa shape index (κ2) is 7.41. The first-order valence-electron chi connectivity index (χ1n) is 9.75. The van der Waals surface area contributed by atoms with Crippen molar-refractivity contribution in [2.45, 2.75) is 70.8 Å². The fourth-order valence-electron chi connectivity index (χ4n) is 4.25. The molecule has 0 aromatic carbocycles. The summed E-state index contributed by atoms with van der Waals surface area (Å²) >= 11 is 0. The summed E-state index contributed by atoms with van der Waals surface area (Å²) in [6.07, 6.45) is 3.64. The van der Waals surface area contributed by atoms with Crippen molar-refractivity contribution in [2.24, 2.45) is 10.4 Å². The number of hydrogen-bond acceptors (Lipinski definition) is 4. The van der Waals surface area contributed by atoms with Gasteiger partial charge < -0.3 is 24.4 Å². The Labute approximate surface area is 152 Å². The lowest BCUT2D eigenvalue weighted by Crippen LogP contribution is -2.70. The first-order valence-corrected chi connectivity index (χ1v) is 9.75. The van der Waals surface area contributed by atoms with E-state index in [0.29, 0.717) is 6.04 Å². The molecule has 4 atom stereocenters. The Hall–Kier alpha value is -0.850. The molecule has 0 radical (unpaired) electrons. The predicted octanol–water partition coefficient (Wildman–Crippen LogP) is 2.04. The van der Waals surface area contributed by atoms with Crippen LogP contribution in [0.2, 0.25) is 0 Å². The molecule has 1 N–H and O–H groups in total. The van der Waals surface area contributed by atoms with Gasteiger partial charge in [0.05, 0.1) is 18.3 Å². The van der Waals surface area contributed by atoms with Gasteiger partial charge in [-0.2, -0.15) is 0 Å². The summed E-state index contributed by atoms with van der Waals surface area (Å²) in [4.78, 5) is 7.11. The van der Waals surface area contributed by atoms with Crippen molar-refractivity contribution in [3.05, 3.63) is 0 Å². The fraction of sp³-hybridized carbons (Fsp3) is 0.947. The molecule has 3 rings (SSSR count). The number of guanidine groups is 1. The first kappa shape index (κ1) is 18.9. The summed E-state index contributed by atoms with van der Waals surface area (Å²) in [6, 6.07) is 0.367. The molecule has 25 heavy (non-hydrogen) atoms. The Balaban J connectivity index is 1.64. The second-order valence-corrected chi connectivity index (χ2v) is 8.26. The van der Waals surface area contributed by atoms with Gasteiger partial charge in [0.2, 0.25) is 0 Å². The summed E-state index contributed by atoms with van der Waals surface area (Å²) in [6.45, 7) is 12.9.